The van der Waals surface area contributed by atoms with Crippen molar-refractivity contribution in [1.29, 1.82) is 0 Å². The highest BCUT2D eigenvalue weighted by atomic mass is 79.9. The molecule has 0 bridgehead atoms. The molecule has 0 radical (unpaired) electrons. The van der Waals surface area contributed by atoms with Crippen molar-refractivity contribution in [3.63, 3.8) is 0 Å². The van der Waals surface area contributed by atoms with E-state index < -0.39 is 24.5 Å². The third-order valence-electron chi connectivity index (χ3n) is 3.61. The van der Waals surface area contributed by atoms with Gasteiger partial charge in [0.05, 0.1) is 0 Å². The van der Waals surface area contributed by atoms with Crippen LogP contribution in [0.1, 0.15) is 24.4 Å². The first-order valence-corrected chi connectivity index (χ1v) is 7.62. The standard InChI is InChI=1S/C14H17BrF4N2.2ClH/c15-10-1-2-12(16)11(9-10)13(3-4-14(17,18)19)21-7-5-20-6-8-21;;/h1-2,9,13,20H,3-8H2;2*1H/t13-;;/m1../s1. The topological polar surface area (TPSA) is 15.3 Å². The Morgan fingerprint density at radius 1 is 1.17 bits per heavy atom. The molecule has 1 saturated heterocycles. The lowest BCUT2D eigenvalue weighted by Gasteiger charge is -2.35. The Bertz CT molecular complexity index is 482. The molecule has 23 heavy (non-hydrogen) atoms. The Morgan fingerprint density at radius 3 is 2.35 bits per heavy atom. The third-order valence-corrected chi connectivity index (χ3v) is 4.10. The number of alkyl halides is 3. The predicted molar refractivity (Wildman–Crippen MR) is 91.1 cm³/mol. The Balaban J connectivity index is 0.00000242. The maximum Gasteiger partial charge on any atom is 0.389 e. The normalized spacial score (nSPS) is 17.1. The number of rotatable bonds is 4. The zero-order valence-corrected chi connectivity index (χ0v) is 15.4. The second kappa shape index (κ2) is 10.0. The summed E-state index contributed by atoms with van der Waals surface area (Å²) in [7, 11) is 0. The monoisotopic (exact) mass is 440 g/mol. The van der Waals surface area contributed by atoms with Crippen LogP contribution in [0.25, 0.3) is 0 Å². The Morgan fingerprint density at radius 2 is 1.78 bits per heavy atom. The molecule has 134 valence electrons. The third kappa shape index (κ3) is 7.13. The molecule has 0 aliphatic carbocycles. The summed E-state index contributed by atoms with van der Waals surface area (Å²) in [6, 6.07) is 3.88. The number of nitrogens with zero attached hydrogens (tertiary/aromatic N) is 1. The van der Waals surface area contributed by atoms with Gasteiger partial charge in [-0.2, -0.15) is 13.2 Å². The first-order valence-electron chi connectivity index (χ1n) is 6.83. The van der Waals surface area contributed by atoms with Crippen molar-refractivity contribution in [2.45, 2.75) is 25.1 Å². The molecule has 1 heterocycles. The summed E-state index contributed by atoms with van der Waals surface area (Å²) in [5, 5.41) is 3.15. The van der Waals surface area contributed by atoms with E-state index in [2.05, 4.69) is 21.2 Å². The molecule has 1 aromatic rings. The van der Waals surface area contributed by atoms with E-state index in [1.807, 2.05) is 4.90 Å². The highest BCUT2D eigenvalue weighted by molar-refractivity contribution is 9.10. The maximum absolute atomic E-state index is 14.1. The van der Waals surface area contributed by atoms with Crippen LogP contribution >= 0.6 is 40.7 Å². The lowest BCUT2D eigenvalue weighted by Crippen LogP contribution is -2.45. The van der Waals surface area contributed by atoms with Gasteiger partial charge in [-0.1, -0.05) is 15.9 Å². The molecule has 0 saturated carbocycles. The van der Waals surface area contributed by atoms with Gasteiger partial charge < -0.3 is 5.32 Å². The van der Waals surface area contributed by atoms with Crippen molar-refractivity contribution in [1.82, 2.24) is 10.2 Å². The van der Waals surface area contributed by atoms with Crippen LogP contribution in [0.15, 0.2) is 22.7 Å². The molecule has 9 heteroatoms. The largest absolute Gasteiger partial charge is 0.389 e. The molecule has 0 aromatic heterocycles. The zero-order valence-electron chi connectivity index (χ0n) is 12.2. The summed E-state index contributed by atoms with van der Waals surface area (Å²) in [6.45, 7) is 2.65. The highest BCUT2D eigenvalue weighted by Gasteiger charge is 2.32. The summed E-state index contributed by atoms with van der Waals surface area (Å²) in [5.41, 5.74) is 0.329. The molecular weight excluding hydrogens is 423 g/mol. The minimum atomic E-state index is -4.23. The molecule has 1 aliphatic rings. The van der Waals surface area contributed by atoms with Crippen LogP contribution in [-0.2, 0) is 0 Å². The Labute approximate surface area is 153 Å². The van der Waals surface area contributed by atoms with Crippen molar-refractivity contribution < 1.29 is 17.6 Å². The van der Waals surface area contributed by atoms with Crippen LogP contribution in [-0.4, -0.2) is 37.3 Å². The van der Waals surface area contributed by atoms with Gasteiger partial charge in [0.15, 0.2) is 0 Å². The molecule has 2 nitrogen and oxygen atoms in total. The summed E-state index contributed by atoms with van der Waals surface area (Å²) in [5.74, 6) is -0.455. The number of nitrogens with one attached hydrogen (secondary N) is 1. The fourth-order valence-corrected chi connectivity index (χ4v) is 2.98. The molecule has 1 atom stereocenters. The van der Waals surface area contributed by atoms with E-state index in [9.17, 15) is 17.6 Å². The van der Waals surface area contributed by atoms with Gasteiger partial charge in [0.2, 0.25) is 0 Å². The lowest BCUT2D eigenvalue weighted by molar-refractivity contribution is -0.138. The summed E-state index contributed by atoms with van der Waals surface area (Å²) in [6.07, 6.45) is -5.26. The molecule has 2 rings (SSSR count). The van der Waals surface area contributed by atoms with Gasteiger partial charge in [-0.25, -0.2) is 4.39 Å². The van der Waals surface area contributed by atoms with E-state index in [1.54, 1.807) is 12.1 Å². The van der Waals surface area contributed by atoms with Gasteiger partial charge in [0.25, 0.3) is 0 Å². The second-order valence-electron chi connectivity index (χ2n) is 5.12. The Hall–Kier alpha value is -0.0800. The SMILES string of the molecule is Cl.Cl.Fc1ccc(Br)cc1[C@@H](CCC(F)(F)F)N1CCNCC1. The van der Waals surface area contributed by atoms with Crippen molar-refractivity contribution >= 4 is 40.7 Å². The molecule has 0 spiro atoms. The van der Waals surface area contributed by atoms with Crippen molar-refractivity contribution in [3.8, 4) is 0 Å². The molecule has 0 unspecified atom stereocenters. The van der Waals surface area contributed by atoms with E-state index in [-0.39, 0.29) is 31.2 Å². The van der Waals surface area contributed by atoms with Crippen LogP contribution in [0.5, 0.6) is 0 Å². The van der Waals surface area contributed by atoms with Gasteiger partial charge in [0, 0.05) is 48.7 Å². The van der Waals surface area contributed by atoms with Crippen LogP contribution in [0.4, 0.5) is 17.6 Å². The minimum Gasteiger partial charge on any atom is -0.314 e. The number of hydrogen-bond acceptors (Lipinski definition) is 2. The predicted octanol–water partition coefficient (Wildman–Crippen LogP) is 4.72. The Kier molecular flexibility index (Phi) is 10.00. The average molecular weight is 442 g/mol. The fraction of sp³-hybridized carbons (Fsp3) is 0.571. The first kappa shape index (κ1) is 22.9. The van der Waals surface area contributed by atoms with E-state index in [0.717, 1.165) is 0 Å². The number of hydrogen-bond donors (Lipinski definition) is 1. The highest BCUT2D eigenvalue weighted by Crippen LogP contribution is 2.34. The van der Waals surface area contributed by atoms with Crippen molar-refractivity contribution in [3.05, 3.63) is 34.1 Å². The molecule has 1 aromatic carbocycles. The molecular formula is C14H19BrCl2F4N2. The van der Waals surface area contributed by atoms with Crippen LogP contribution < -0.4 is 5.32 Å². The quantitative estimate of drug-likeness (QED) is 0.680. The van der Waals surface area contributed by atoms with E-state index in [1.165, 1.54) is 6.07 Å². The van der Waals surface area contributed by atoms with E-state index in [4.69, 9.17) is 0 Å². The van der Waals surface area contributed by atoms with Crippen LogP contribution in [0, 0.1) is 5.82 Å². The van der Waals surface area contributed by atoms with Gasteiger partial charge in [-0.05, 0) is 24.6 Å². The number of piperazine rings is 1. The van der Waals surface area contributed by atoms with Crippen molar-refractivity contribution in [2.75, 3.05) is 26.2 Å². The van der Waals surface area contributed by atoms with Crippen LogP contribution in [0.2, 0.25) is 0 Å². The summed E-state index contributed by atoms with van der Waals surface area (Å²) >= 11 is 3.26. The average Bonchev–Trinajstić information content (AvgIpc) is 2.43. The van der Waals surface area contributed by atoms with Gasteiger partial charge in [-0.15, -0.1) is 24.8 Å². The summed E-state index contributed by atoms with van der Waals surface area (Å²) < 4.78 is 52.4. The van der Waals surface area contributed by atoms with E-state index >= 15 is 0 Å². The number of halogens is 7. The smallest absolute Gasteiger partial charge is 0.314 e. The van der Waals surface area contributed by atoms with Crippen molar-refractivity contribution in [2.24, 2.45) is 0 Å². The molecule has 1 fully saturated rings. The van der Waals surface area contributed by atoms with E-state index in [0.29, 0.717) is 36.2 Å². The second-order valence-corrected chi connectivity index (χ2v) is 6.04. The summed E-state index contributed by atoms with van der Waals surface area (Å²) in [4.78, 5) is 1.92. The van der Waals surface area contributed by atoms with Gasteiger partial charge >= 0.3 is 6.18 Å². The number of benzene rings is 1. The van der Waals surface area contributed by atoms with Crippen LogP contribution in [0.3, 0.4) is 0 Å². The first-order chi connectivity index (χ1) is 9.87. The molecule has 0 amide bonds. The lowest BCUT2D eigenvalue weighted by atomic mass is 9.98. The molecule has 1 N–H and O–H groups in total. The van der Waals surface area contributed by atoms with Gasteiger partial charge in [-0.3, -0.25) is 4.90 Å². The fourth-order valence-electron chi connectivity index (χ4n) is 2.60. The zero-order chi connectivity index (χ0) is 15.5. The minimum absolute atomic E-state index is 0. The van der Waals surface area contributed by atoms with Gasteiger partial charge in [0.1, 0.15) is 5.82 Å². The molecule has 1 aliphatic heterocycles. The maximum atomic E-state index is 14.1.